The van der Waals surface area contributed by atoms with E-state index in [9.17, 15) is 9.59 Å². The van der Waals surface area contributed by atoms with Gasteiger partial charge in [0.1, 0.15) is 11.3 Å². The lowest BCUT2D eigenvalue weighted by Crippen LogP contribution is -2.45. The highest BCUT2D eigenvalue weighted by molar-refractivity contribution is 5.76. The lowest BCUT2D eigenvalue weighted by Gasteiger charge is -2.30. The second-order valence-corrected chi connectivity index (χ2v) is 9.99. The number of hydrogen-bond donors (Lipinski definition) is 2. The summed E-state index contributed by atoms with van der Waals surface area (Å²) in [6.07, 6.45) is 8.84. The summed E-state index contributed by atoms with van der Waals surface area (Å²) in [5, 5.41) is 10.4. The maximum Gasteiger partial charge on any atom is 0.227 e. The Hall–Kier alpha value is -2.94. The van der Waals surface area contributed by atoms with Crippen LogP contribution >= 0.6 is 0 Å². The summed E-state index contributed by atoms with van der Waals surface area (Å²) in [6.45, 7) is 4.07. The Bertz CT molecular complexity index is 1010. The minimum Gasteiger partial charge on any atom is -0.496 e. The van der Waals surface area contributed by atoms with Crippen LogP contribution in [0, 0.1) is 0 Å². The Morgan fingerprint density at radius 3 is 2.53 bits per heavy atom. The fraction of sp³-hybridized carbons (Fsp3) is 0.630. The third kappa shape index (κ3) is 6.43. The first-order chi connectivity index (χ1) is 17.5. The van der Waals surface area contributed by atoms with Crippen molar-refractivity contribution < 1.29 is 18.8 Å². The van der Waals surface area contributed by atoms with Gasteiger partial charge >= 0.3 is 0 Å². The number of methoxy groups -OCH3 is 1. The SMILES string of the molecule is COc1ccccc1C(CNC(=O)CCc1nc(C2(NC(C)=O)CCCCCC2)no1)N1CCCC1. The maximum absolute atomic E-state index is 12.8. The standard InChI is InChI=1S/C27H39N5O4/c1-20(33)30-27(15-7-3-4-8-16-27)26-29-25(36-31-26)14-13-24(34)28-19-22(32-17-9-10-18-32)21-11-5-6-12-23(21)35-2/h5-6,11-12,22H,3-4,7-10,13-19H2,1-2H3,(H,28,34)(H,30,33). The maximum atomic E-state index is 12.8. The van der Waals surface area contributed by atoms with E-state index < -0.39 is 5.54 Å². The number of likely N-dealkylation sites (tertiary alicyclic amines) is 1. The van der Waals surface area contributed by atoms with Crippen molar-refractivity contribution >= 4 is 11.8 Å². The molecule has 1 aliphatic heterocycles. The fourth-order valence-electron chi connectivity index (χ4n) is 5.57. The number of nitrogens with zero attached hydrogens (tertiary/aromatic N) is 3. The first kappa shape index (κ1) is 26.1. The van der Waals surface area contributed by atoms with Crippen molar-refractivity contribution in [1.82, 2.24) is 25.7 Å². The van der Waals surface area contributed by atoms with Gasteiger partial charge in [-0.05, 0) is 44.8 Å². The summed E-state index contributed by atoms with van der Waals surface area (Å²) >= 11 is 0. The van der Waals surface area contributed by atoms with E-state index in [-0.39, 0.29) is 24.3 Å². The Labute approximate surface area is 213 Å². The molecule has 4 rings (SSSR count). The van der Waals surface area contributed by atoms with Crippen LogP contribution in [0.25, 0.3) is 0 Å². The van der Waals surface area contributed by atoms with Crippen molar-refractivity contribution in [2.45, 2.75) is 82.7 Å². The van der Waals surface area contributed by atoms with Crippen molar-refractivity contribution in [3.63, 3.8) is 0 Å². The van der Waals surface area contributed by atoms with E-state index in [0.717, 1.165) is 62.9 Å². The highest BCUT2D eigenvalue weighted by Crippen LogP contribution is 2.35. The van der Waals surface area contributed by atoms with E-state index >= 15 is 0 Å². The number of hydrogen-bond acceptors (Lipinski definition) is 7. The average molecular weight is 498 g/mol. The number of aryl methyl sites for hydroxylation is 1. The Kier molecular flexibility index (Phi) is 8.96. The van der Waals surface area contributed by atoms with Gasteiger partial charge in [-0.25, -0.2) is 0 Å². The van der Waals surface area contributed by atoms with Gasteiger partial charge in [-0.1, -0.05) is 49.0 Å². The summed E-state index contributed by atoms with van der Waals surface area (Å²) < 4.78 is 11.1. The van der Waals surface area contributed by atoms with E-state index in [0.29, 0.717) is 24.7 Å². The third-order valence-electron chi connectivity index (χ3n) is 7.41. The molecule has 1 aromatic heterocycles. The molecule has 1 unspecified atom stereocenters. The monoisotopic (exact) mass is 497 g/mol. The summed E-state index contributed by atoms with van der Waals surface area (Å²) in [6, 6.07) is 8.08. The van der Waals surface area contributed by atoms with Crippen LogP contribution in [0.4, 0.5) is 0 Å². The van der Waals surface area contributed by atoms with Crippen molar-refractivity contribution in [3.8, 4) is 5.75 Å². The van der Waals surface area contributed by atoms with Crippen LogP contribution in [0.15, 0.2) is 28.8 Å². The second-order valence-electron chi connectivity index (χ2n) is 9.99. The molecule has 2 amide bonds. The normalized spacial score (nSPS) is 18.8. The molecule has 36 heavy (non-hydrogen) atoms. The number of benzene rings is 1. The van der Waals surface area contributed by atoms with Crippen LogP contribution in [0.5, 0.6) is 5.75 Å². The molecule has 9 nitrogen and oxygen atoms in total. The third-order valence-corrected chi connectivity index (χ3v) is 7.41. The highest BCUT2D eigenvalue weighted by atomic mass is 16.5. The predicted molar refractivity (Wildman–Crippen MR) is 135 cm³/mol. The molecular formula is C27H39N5O4. The number of nitrogens with one attached hydrogen (secondary N) is 2. The van der Waals surface area contributed by atoms with Crippen LogP contribution in [-0.2, 0) is 21.5 Å². The first-order valence-corrected chi connectivity index (χ1v) is 13.3. The van der Waals surface area contributed by atoms with Crippen LogP contribution in [-0.4, -0.2) is 53.6 Å². The lowest BCUT2D eigenvalue weighted by molar-refractivity contribution is -0.122. The van der Waals surface area contributed by atoms with Crippen molar-refractivity contribution in [1.29, 1.82) is 0 Å². The van der Waals surface area contributed by atoms with E-state index in [1.807, 2.05) is 18.2 Å². The highest BCUT2D eigenvalue weighted by Gasteiger charge is 2.38. The quantitative estimate of drug-likeness (QED) is 0.482. The zero-order valence-corrected chi connectivity index (χ0v) is 21.6. The van der Waals surface area contributed by atoms with Gasteiger partial charge in [-0.3, -0.25) is 14.5 Å². The number of carbonyl (C=O) groups is 2. The van der Waals surface area contributed by atoms with Crippen molar-refractivity contribution in [2.75, 3.05) is 26.7 Å². The topological polar surface area (TPSA) is 110 Å². The molecule has 0 radical (unpaired) electrons. The number of carbonyl (C=O) groups excluding carboxylic acids is 2. The summed E-state index contributed by atoms with van der Waals surface area (Å²) in [5.41, 5.74) is 0.514. The van der Waals surface area contributed by atoms with Gasteiger partial charge in [0, 0.05) is 31.9 Å². The first-order valence-electron chi connectivity index (χ1n) is 13.3. The van der Waals surface area contributed by atoms with E-state index in [1.54, 1.807) is 7.11 Å². The molecule has 1 atom stereocenters. The molecule has 1 aliphatic carbocycles. The smallest absolute Gasteiger partial charge is 0.227 e. The molecule has 2 heterocycles. The molecule has 1 saturated carbocycles. The minimum atomic E-state index is -0.579. The van der Waals surface area contributed by atoms with Gasteiger partial charge in [-0.15, -0.1) is 0 Å². The fourth-order valence-corrected chi connectivity index (χ4v) is 5.57. The molecule has 2 aromatic rings. The summed E-state index contributed by atoms with van der Waals surface area (Å²) in [5.74, 6) is 1.65. The van der Waals surface area contributed by atoms with Gasteiger partial charge in [0.05, 0.1) is 13.2 Å². The van der Waals surface area contributed by atoms with Crippen LogP contribution < -0.4 is 15.4 Å². The number of para-hydroxylation sites is 1. The van der Waals surface area contributed by atoms with Crippen LogP contribution in [0.3, 0.4) is 0 Å². The zero-order chi connectivity index (χ0) is 25.4. The van der Waals surface area contributed by atoms with Gasteiger partial charge in [-0.2, -0.15) is 4.98 Å². The molecule has 1 aromatic carbocycles. The molecule has 2 N–H and O–H groups in total. The molecular weight excluding hydrogens is 458 g/mol. The number of ether oxygens (including phenoxy) is 1. The van der Waals surface area contributed by atoms with Crippen molar-refractivity contribution in [2.24, 2.45) is 0 Å². The lowest BCUT2D eigenvalue weighted by atomic mass is 9.89. The summed E-state index contributed by atoms with van der Waals surface area (Å²) in [7, 11) is 1.68. The van der Waals surface area contributed by atoms with E-state index in [4.69, 9.17) is 9.26 Å². The zero-order valence-electron chi connectivity index (χ0n) is 21.6. The Morgan fingerprint density at radius 2 is 1.83 bits per heavy atom. The average Bonchev–Trinajstić information content (AvgIpc) is 3.53. The van der Waals surface area contributed by atoms with E-state index in [1.165, 1.54) is 19.8 Å². The van der Waals surface area contributed by atoms with E-state index in [2.05, 4.69) is 31.7 Å². The molecule has 2 fully saturated rings. The van der Waals surface area contributed by atoms with Gasteiger partial charge in [0.25, 0.3) is 0 Å². The van der Waals surface area contributed by atoms with Gasteiger partial charge < -0.3 is 19.9 Å². The summed E-state index contributed by atoms with van der Waals surface area (Å²) in [4.78, 5) is 31.7. The molecule has 196 valence electrons. The van der Waals surface area contributed by atoms with Gasteiger partial charge in [0.2, 0.25) is 17.7 Å². The largest absolute Gasteiger partial charge is 0.496 e. The Balaban J connectivity index is 1.36. The second kappa shape index (κ2) is 12.3. The van der Waals surface area contributed by atoms with Gasteiger partial charge in [0.15, 0.2) is 5.82 Å². The van der Waals surface area contributed by atoms with Crippen LogP contribution in [0.2, 0.25) is 0 Å². The predicted octanol–water partition coefficient (Wildman–Crippen LogP) is 3.65. The number of amides is 2. The molecule has 0 bridgehead atoms. The van der Waals surface area contributed by atoms with Crippen LogP contribution in [0.1, 0.15) is 88.0 Å². The molecule has 9 heteroatoms. The van der Waals surface area contributed by atoms with Crippen molar-refractivity contribution in [3.05, 3.63) is 41.5 Å². The number of rotatable bonds is 10. The molecule has 1 saturated heterocycles. The minimum absolute atomic E-state index is 0.0557. The molecule has 2 aliphatic rings. The Morgan fingerprint density at radius 1 is 1.11 bits per heavy atom. The molecule has 0 spiro atoms. The number of aromatic nitrogens is 2.